The summed E-state index contributed by atoms with van der Waals surface area (Å²) in [5, 5.41) is 19.2. The van der Waals surface area contributed by atoms with Crippen LogP contribution >= 0.6 is 11.8 Å². The summed E-state index contributed by atoms with van der Waals surface area (Å²) in [5.41, 5.74) is 0.608. The van der Waals surface area contributed by atoms with Crippen LogP contribution in [0.15, 0.2) is 34.2 Å². The van der Waals surface area contributed by atoms with Gasteiger partial charge in [-0.05, 0) is 25.0 Å². The van der Waals surface area contributed by atoms with Crippen LogP contribution in [-0.4, -0.2) is 26.5 Å². The number of para-hydroxylation sites is 1. The van der Waals surface area contributed by atoms with E-state index in [2.05, 4.69) is 11.1 Å². The second-order valence-corrected chi connectivity index (χ2v) is 6.48. The third-order valence-electron chi connectivity index (χ3n) is 3.34. The molecule has 0 amide bonds. The molecular formula is C16H19N3O2S. The van der Waals surface area contributed by atoms with Crippen LogP contribution in [0.2, 0.25) is 0 Å². The van der Waals surface area contributed by atoms with Crippen molar-refractivity contribution >= 4 is 22.7 Å². The van der Waals surface area contributed by atoms with Crippen LogP contribution in [0.1, 0.15) is 26.2 Å². The van der Waals surface area contributed by atoms with Gasteiger partial charge in [0.05, 0.1) is 17.0 Å². The van der Waals surface area contributed by atoms with Crippen molar-refractivity contribution in [3.63, 3.8) is 0 Å². The lowest BCUT2D eigenvalue weighted by molar-refractivity contribution is 0.276. The molecule has 0 aliphatic rings. The van der Waals surface area contributed by atoms with Crippen molar-refractivity contribution in [1.82, 2.24) is 9.55 Å². The van der Waals surface area contributed by atoms with E-state index >= 15 is 0 Å². The van der Waals surface area contributed by atoms with Gasteiger partial charge in [0, 0.05) is 24.8 Å². The van der Waals surface area contributed by atoms with E-state index in [9.17, 15) is 4.79 Å². The Morgan fingerprint density at radius 1 is 1.45 bits per heavy atom. The molecule has 116 valence electrons. The SMILES string of the molecule is C[C@@H](CCC#N)Sc1nc2ccccc2c(=O)n1CCCO. The molecule has 0 unspecified atom stereocenters. The summed E-state index contributed by atoms with van der Waals surface area (Å²) in [5.74, 6) is 0. The first-order valence-electron chi connectivity index (χ1n) is 7.31. The standard InChI is InChI=1S/C16H19N3O2S/c1-12(6-4-9-17)22-16-18-14-8-3-2-7-13(14)15(21)19(16)10-5-11-20/h2-3,7-8,12,20H,4-6,10-11H2,1H3/t12-/m0/s1. The van der Waals surface area contributed by atoms with Gasteiger partial charge >= 0.3 is 0 Å². The number of aliphatic hydroxyl groups excluding tert-OH is 1. The molecule has 2 aromatic rings. The molecule has 6 heteroatoms. The Labute approximate surface area is 133 Å². The summed E-state index contributed by atoms with van der Waals surface area (Å²) >= 11 is 1.51. The minimum atomic E-state index is -0.0750. The smallest absolute Gasteiger partial charge is 0.262 e. The van der Waals surface area contributed by atoms with E-state index in [0.29, 0.717) is 35.4 Å². The summed E-state index contributed by atoms with van der Waals surface area (Å²) in [6.07, 6.45) is 1.76. The lowest BCUT2D eigenvalue weighted by atomic mass is 10.2. The molecular weight excluding hydrogens is 298 g/mol. The zero-order valence-electron chi connectivity index (χ0n) is 12.5. The Morgan fingerprint density at radius 3 is 2.95 bits per heavy atom. The molecule has 2 rings (SSSR count). The van der Waals surface area contributed by atoms with Gasteiger partial charge in [-0.15, -0.1) is 0 Å². The van der Waals surface area contributed by atoms with Gasteiger partial charge in [0.15, 0.2) is 5.16 Å². The maximum atomic E-state index is 12.6. The van der Waals surface area contributed by atoms with Crippen LogP contribution in [0.5, 0.6) is 0 Å². The molecule has 1 heterocycles. The van der Waals surface area contributed by atoms with Crippen LogP contribution in [0.4, 0.5) is 0 Å². The first kappa shape index (κ1) is 16.5. The Kier molecular flexibility index (Phi) is 5.99. The Bertz CT molecular complexity index is 736. The fourth-order valence-corrected chi connectivity index (χ4v) is 3.22. The number of nitrogens with zero attached hydrogens (tertiary/aromatic N) is 3. The minimum Gasteiger partial charge on any atom is -0.396 e. The average Bonchev–Trinajstić information content (AvgIpc) is 2.52. The molecule has 1 aromatic heterocycles. The molecule has 0 aliphatic heterocycles. The van der Waals surface area contributed by atoms with Crippen molar-refractivity contribution < 1.29 is 5.11 Å². The van der Waals surface area contributed by atoms with Gasteiger partial charge in [0.25, 0.3) is 5.56 Å². The van der Waals surface area contributed by atoms with Crippen LogP contribution in [-0.2, 0) is 6.54 Å². The summed E-state index contributed by atoms with van der Waals surface area (Å²) in [4.78, 5) is 17.2. The zero-order valence-corrected chi connectivity index (χ0v) is 13.3. The number of benzene rings is 1. The number of aromatic nitrogens is 2. The van der Waals surface area contributed by atoms with E-state index in [0.717, 1.165) is 6.42 Å². The van der Waals surface area contributed by atoms with E-state index in [1.807, 2.05) is 25.1 Å². The molecule has 0 spiro atoms. The quantitative estimate of drug-likeness (QED) is 0.627. The average molecular weight is 317 g/mol. The number of hydrogen-bond donors (Lipinski definition) is 1. The molecule has 22 heavy (non-hydrogen) atoms. The van der Waals surface area contributed by atoms with Gasteiger partial charge in [0.2, 0.25) is 0 Å². The van der Waals surface area contributed by atoms with E-state index in [4.69, 9.17) is 10.4 Å². The molecule has 5 nitrogen and oxygen atoms in total. The number of aliphatic hydroxyl groups is 1. The van der Waals surface area contributed by atoms with Crippen LogP contribution in [0.25, 0.3) is 10.9 Å². The number of fused-ring (bicyclic) bond motifs is 1. The monoisotopic (exact) mass is 317 g/mol. The summed E-state index contributed by atoms with van der Waals surface area (Å²) in [6.45, 7) is 2.51. The highest BCUT2D eigenvalue weighted by Gasteiger charge is 2.14. The highest BCUT2D eigenvalue weighted by molar-refractivity contribution is 7.99. The molecule has 0 bridgehead atoms. The molecule has 0 fully saturated rings. The highest BCUT2D eigenvalue weighted by Crippen LogP contribution is 2.25. The Morgan fingerprint density at radius 2 is 2.23 bits per heavy atom. The van der Waals surface area contributed by atoms with Gasteiger partial charge in [-0.2, -0.15) is 5.26 Å². The predicted molar refractivity (Wildman–Crippen MR) is 87.9 cm³/mol. The molecule has 0 saturated heterocycles. The topological polar surface area (TPSA) is 78.9 Å². The Hall–Kier alpha value is -1.84. The Balaban J connectivity index is 2.41. The lowest BCUT2D eigenvalue weighted by Crippen LogP contribution is -2.24. The number of rotatable bonds is 7. The van der Waals surface area contributed by atoms with Crippen molar-refractivity contribution in [2.75, 3.05) is 6.61 Å². The van der Waals surface area contributed by atoms with E-state index in [1.54, 1.807) is 10.6 Å². The summed E-state index contributed by atoms with van der Waals surface area (Å²) in [6, 6.07) is 9.43. The van der Waals surface area contributed by atoms with Gasteiger partial charge in [-0.1, -0.05) is 30.8 Å². The van der Waals surface area contributed by atoms with E-state index in [1.165, 1.54) is 11.8 Å². The van der Waals surface area contributed by atoms with Crippen LogP contribution in [0, 0.1) is 11.3 Å². The largest absolute Gasteiger partial charge is 0.396 e. The summed E-state index contributed by atoms with van der Waals surface area (Å²) in [7, 11) is 0. The maximum Gasteiger partial charge on any atom is 0.262 e. The predicted octanol–water partition coefficient (Wildman–Crippen LogP) is 2.56. The maximum absolute atomic E-state index is 12.6. The second kappa shape index (κ2) is 7.97. The minimum absolute atomic E-state index is 0.0351. The van der Waals surface area contributed by atoms with Crippen LogP contribution < -0.4 is 5.56 Å². The van der Waals surface area contributed by atoms with E-state index < -0.39 is 0 Å². The fraction of sp³-hybridized carbons (Fsp3) is 0.438. The zero-order chi connectivity index (χ0) is 15.9. The third-order valence-corrected chi connectivity index (χ3v) is 4.50. The van der Waals surface area contributed by atoms with Gasteiger partial charge in [0.1, 0.15) is 0 Å². The number of hydrogen-bond acceptors (Lipinski definition) is 5. The van der Waals surface area contributed by atoms with Crippen LogP contribution in [0.3, 0.4) is 0 Å². The molecule has 1 atom stereocenters. The van der Waals surface area contributed by atoms with Crippen molar-refractivity contribution in [2.45, 2.75) is 43.1 Å². The third kappa shape index (κ3) is 3.87. The normalized spacial score (nSPS) is 12.2. The highest BCUT2D eigenvalue weighted by atomic mass is 32.2. The van der Waals surface area contributed by atoms with Gasteiger partial charge in [-0.25, -0.2) is 4.98 Å². The van der Waals surface area contributed by atoms with Gasteiger partial charge < -0.3 is 5.11 Å². The summed E-state index contributed by atoms with van der Waals surface area (Å²) < 4.78 is 1.63. The fourth-order valence-electron chi connectivity index (χ4n) is 2.17. The van der Waals surface area contributed by atoms with Gasteiger partial charge in [-0.3, -0.25) is 9.36 Å². The van der Waals surface area contributed by atoms with Crippen molar-refractivity contribution in [2.24, 2.45) is 0 Å². The first-order chi connectivity index (χ1) is 10.7. The number of thioether (sulfide) groups is 1. The molecule has 1 N–H and O–H groups in total. The molecule has 0 saturated carbocycles. The molecule has 1 aromatic carbocycles. The van der Waals surface area contributed by atoms with E-state index in [-0.39, 0.29) is 17.4 Å². The second-order valence-electron chi connectivity index (χ2n) is 5.07. The van der Waals surface area contributed by atoms with Crippen molar-refractivity contribution in [1.29, 1.82) is 5.26 Å². The lowest BCUT2D eigenvalue weighted by Gasteiger charge is -2.15. The van der Waals surface area contributed by atoms with Crippen molar-refractivity contribution in [3.8, 4) is 6.07 Å². The number of nitriles is 1. The molecule has 0 aliphatic carbocycles. The molecule has 0 radical (unpaired) electrons. The van der Waals surface area contributed by atoms with Crippen molar-refractivity contribution in [3.05, 3.63) is 34.6 Å². The first-order valence-corrected chi connectivity index (χ1v) is 8.19.